The highest BCUT2D eigenvalue weighted by atomic mass is 79.9. The molecule has 0 amide bonds. The largest absolute Gasteiger partial charge is 0.313 e. The van der Waals surface area contributed by atoms with E-state index in [9.17, 15) is 0 Å². The molecule has 1 N–H and O–H groups in total. The molecule has 4 heteroatoms. The van der Waals surface area contributed by atoms with Crippen LogP contribution in [-0.4, -0.2) is 7.05 Å². The summed E-state index contributed by atoms with van der Waals surface area (Å²) in [6, 6.07) is 14.7. The van der Waals surface area contributed by atoms with E-state index in [1.54, 1.807) is 0 Å². The lowest BCUT2D eigenvalue weighted by Gasteiger charge is -2.17. The lowest BCUT2D eigenvalue weighted by molar-refractivity contribution is 0.592. The van der Waals surface area contributed by atoms with Crippen molar-refractivity contribution in [2.24, 2.45) is 0 Å². The zero-order chi connectivity index (χ0) is 13.8. The van der Waals surface area contributed by atoms with Crippen molar-refractivity contribution in [1.29, 1.82) is 0 Å². The molecule has 0 aliphatic carbocycles. The Kier molecular flexibility index (Phi) is 5.46. The summed E-state index contributed by atoms with van der Waals surface area (Å²) in [4.78, 5) is 0. The molecule has 0 heterocycles. The number of rotatable bonds is 4. The van der Waals surface area contributed by atoms with Crippen molar-refractivity contribution in [1.82, 2.24) is 5.32 Å². The summed E-state index contributed by atoms with van der Waals surface area (Å²) >= 11 is 13.0. The zero-order valence-electron chi connectivity index (χ0n) is 10.5. The Balaban J connectivity index is 2.19. The summed E-state index contributed by atoms with van der Waals surface area (Å²) in [7, 11) is 1.98. The number of nitrogens with one attached hydrogen (secondary N) is 1. The summed E-state index contributed by atoms with van der Waals surface area (Å²) in [5.41, 5.74) is 2.52. The maximum absolute atomic E-state index is 6.03. The number of likely N-dealkylation sites (N-methyl/N-ethyl adjacent to an activating group) is 1. The Morgan fingerprint density at radius 2 is 1.79 bits per heavy atom. The maximum atomic E-state index is 6.03. The maximum Gasteiger partial charge on any atom is 0.0548 e. The normalized spacial score (nSPS) is 12.4. The van der Waals surface area contributed by atoms with E-state index in [-0.39, 0.29) is 6.04 Å². The summed E-state index contributed by atoms with van der Waals surface area (Å²) in [5, 5.41) is 4.09. The fourth-order valence-electron chi connectivity index (χ4n) is 1.97. The molecule has 0 aromatic heterocycles. The second kappa shape index (κ2) is 6.89. The lowest BCUT2D eigenvalue weighted by atomic mass is 9.99. The molecular weight excluding hydrogens is 389 g/mol. The van der Waals surface area contributed by atoms with Crippen LogP contribution in [0.15, 0.2) is 51.4 Å². The molecule has 1 nitrogen and oxygen atoms in total. The molecule has 2 aromatic rings. The minimum atomic E-state index is 0.273. The Labute approximate surface area is 135 Å². The average Bonchev–Trinajstić information content (AvgIpc) is 2.41. The van der Waals surface area contributed by atoms with Gasteiger partial charge < -0.3 is 5.32 Å². The van der Waals surface area contributed by atoms with Gasteiger partial charge in [-0.15, -0.1) is 0 Å². The summed E-state index contributed by atoms with van der Waals surface area (Å²) in [5.74, 6) is 0. The van der Waals surface area contributed by atoms with Crippen LogP contribution in [0.4, 0.5) is 0 Å². The van der Waals surface area contributed by atoms with E-state index >= 15 is 0 Å². The number of hydrogen-bond acceptors (Lipinski definition) is 1. The molecule has 2 rings (SSSR count). The van der Waals surface area contributed by atoms with Gasteiger partial charge in [-0.2, -0.15) is 0 Å². The van der Waals surface area contributed by atoms with Crippen LogP contribution >= 0.6 is 43.5 Å². The summed E-state index contributed by atoms with van der Waals surface area (Å²) in [6.45, 7) is 0. The quantitative estimate of drug-likeness (QED) is 0.724. The highest BCUT2D eigenvalue weighted by Crippen LogP contribution is 2.27. The van der Waals surface area contributed by atoms with Crippen molar-refractivity contribution in [2.45, 2.75) is 12.5 Å². The lowest BCUT2D eigenvalue weighted by Crippen LogP contribution is -2.18. The smallest absolute Gasteiger partial charge is 0.0548 e. The molecule has 1 atom stereocenters. The van der Waals surface area contributed by atoms with Crippen LogP contribution in [0.5, 0.6) is 0 Å². The van der Waals surface area contributed by atoms with Crippen LogP contribution in [0.3, 0.4) is 0 Å². The van der Waals surface area contributed by atoms with Gasteiger partial charge in [0, 0.05) is 15.0 Å². The number of hydrogen-bond donors (Lipinski definition) is 1. The third-order valence-corrected chi connectivity index (χ3v) is 4.79. The summed E-state index contributed by atoms with van der Waals surface area (Å²) < 4.78 is 2.04. The van der Waals surface area contributed by atoms with Gasteiger partial charge in [-0.1, -0.05) is 45.7 Å². The molecule has 0 aliphatic rings. The number of benzene rings is 2. The molecular formula is C15H14Br2ClN. The molecule has 2 aromatic carbocycles. The van der Waals surface area contributed by atoms with Crippen molar-refractivity contribution < 1.29 is 0 Å². The SMILES string of the molecule is CNC(Cc1ccc(Br)cc1)c1ccc(Cl)c(Br)c1. The first-order valence-corrected chi connectivity index (χ1v) is 7.93. The molecule has 0 spiro atoms. The minimum Gasteiger partial charge on any atom is -0.313 e. The zero-order valence-corrected chi connectivity index (χ0v) is 14.4. The van der Waals surface area contributed by atoms with E-state index in [2.05, 4.69) is 73.6 Å². The molecule has 1 unspecified atom stereocenters. The van der Waals surface area contributed by atoms with Gasteiger partial charge in [-0.05, 0) is 64.8 Å². The molecule has 0 saturated heterocycles. The standard InChI is InChI=1S/C15H14Br2ClN/c1-19-15(8-10-2-5-12(16)6-3-10)11-4-7-14(18)13(17)9-11/h2-7,9,15,19H,8H2,1H3. The Bertz CT molecular complexity index is 555. The highest BCUT2D eigenvalue weighted by molar-refractivity contribution is 9.10. The average molecular weight is 404 g/mol. The van der Waals surface area contributed by atoms with E-state index in [1.807, 2.05) is 13.1 Å². The van der Waals surface area contributed by atoms with Crippen molar-refractivity contribution in [3.05, 3.63) is 67.6 Å². The van der Waals surface area contributed by atoms with Gasteiger partial charge in [0.05, 0.1) is 5.02 Å². The molecule has 0 aliphatic heterocycles. The molecule has 0 radical (unpaired) electrons. The van der Waals surface area contributed by atoms with E-state index in [0.29, 0.717) is 0 Å². The second-order valence-corrected chi connectivity index (χ2v) is 6.52. The van der Waals surface area contributed by atoms with E-state index in [4.69, 9.17) is 11.6 Å². The number of halogens is 3. The van der Waals surface area contributed by atoms with Crippen molar-refractivity contribution in [3.8, 4) is 0 Å². The van der Waals surface area contributed by atoms with Gasteiger partial charge >= 0.3 is 0 Å². The van der Waals surface area contributed by atoms with Crippen LogP contribution in [0.2, 0.25) is 5.02 Å². The Morgan fingerprint density at radius 1 is 1.11 bits per heavy atom. The van der Waals surface area contributed by atoms with Gasteiger partial charge in [0.25, 0.3) is 0 Å². The first-order valence-electron chi connectivity index (χ1n) is 5.97. The van der Waals surface area contributed by atoms with E-state index in [1.165, 1.54) is 11.1 Å². The van der Waals surface area contributed by atoms with Crippen LogP contribution < -0.4 is 5.32 Å². The van der Waals surface area contributed by atoms with Crippen LogP contribution in [-0.2, 0) is 6.42 Å². The van der Waals surface area contributed by atoms with Crippen LogP contribution in [0.1, 0.15) is 17.2 Å². The second-order valence-electron chi connectivity index (χ2n) is 4.35. The Morgan fingerprint density at radius 3 is 2.37 bits per heavy atom. The first-order chi connectivity index (χ1) is 9.10. The topological polar surface area (TPSA) is 12.0 Å². The predicted molar refractivity (Wildman–Crippen MR) is 88.8 cm³/mol. The summed E-state index contributed by atoms with van der Waals surface area (Å²) in [6.07, 6.45) is 0.942. The van der Waals surface area contributed by atoms with Gasteiger partial charge in [0.2, 0.25) is 0 Å². The first kappa shape index (κ1) is 15.0. The van der Waals surface area contributed by atoms with Gasteiger partial charge in [-0.25, -0.2) is 0 Å². The van der Waals surface area contributed by atoms with Crippen molar-refractivity contribution in [3.63, 3.8) is 0 Å². The minimum absolute atomic E-state index is 0.273. The van der Waals surface area contributed by atoms with Gasteiger partial charge in [0.1, 0.15) is 0 Å². The monoisotopic (exact) mass is 401 g/mol. The molecule has 0 saturated carbocycles. The van der Waals surface area contributed by atoms with E-state index in [0.717, 1.165) is 20.4 Å². The van der Waals surface area contributed by atoms with Gasteiger partial charge in [0.15, 0.2) is 0 Å². The van der Waals surface area contributed by atoms with Gasteiger partial charge in [-0.3, -0.25) is 0 Å². The fourth-order valence-corrected chi connectivity index (χ4v) is 2.75. The molecule has 0 fully saturated rings. The van der Waals surface area contributed by atoms with Crippen molar-refractivity contribution >= 4 is 43.5 Å². The highest BCUT2D eigenvalue weighted by Gasteiger charge is 2.11. The van der Waals surface area contributed by atoms with E-state index < -0.39 is 0 Å². The third kappa shape index (κ3) is 4.06. The molecule has 0 bridgehead atoms. The Hall–Kier alpha value is -0.350. The fraction of sp³-hybridized carbons (Fsp3) is 0.200. The third-order valence-electron chi connectivity index (χ3n) is 3.05. The molecule has 19 heavy (non-hydrogen) atoms. The molecule has 100 valence electrons. The van der Waals surface area contributed by atoms with Crippen LogP contribution in [0, 0.1) is 0 Å². The predicted octanol–water partition coefficient (Wildman–Crippen LogP) is 5.37. The van der Waals surface area contributed by atoms with Crippen molar-refractivity contribution in [2.75, 3.05) is 7.05 Å². The van der Waals surface area contributed by atoms with Crippen LogP contribution in [0.25, 0.3) is 0 Å².